The van der Waals surface area contributed by atoms with Crippen LogP contribution in [0.15, 0.2) is 42.5 Å². The van der Waals surface area contributed by atoms with E-state index in [0.29, 0.717) is 16.5 Å². The zero-order chi connectivity index (χ0) is 13.8. The molecule has 0 fully saturated rings. The van der Waals surface area contributed by atoms with E-state index in [2.05, 4.69) is 37.4 Å². The number of nitriles is 1. The van der Waals surface area contributed by atoms with Gasteiger partial charge >= 0.3 is 0 Å². The van der Waals surface area contributed by atoms with Crippen LogP contribution >= 0.6 is 11.6 Å². The van der Waals surface area contributed by atoms with E-state index < -0.39 is 0 Å². The summed E-state index contributed by atoms with van der Waals surface area (Å²) in [7, 11) is 0. The lowest BCUT2D eigenvalue weighted by atomic mass is 10.0. The molecule has 0 saturated heterocycles. The molecule has 0 aliphatic carbocycles. The topological polar surface area (TPSA) is 35.8 Å². The molecule has 0 spiro atoms. The molecule has 0 radical (unpaired) electrons. The molecule has 0 aromatic heterocycles. The van der Waals surface area contributed by atoms with Crippen molar-refractivity contribution in [2.75, 3.05) is 5.32 Å². The van der Waals surface area contributed by atoms with Gasteiger partial charge in [-0.2, -0.15) is 5.26 Å². The van der Waals surface area contributed by atoms with Crippen molar-refractivity contribution in [3.63, 3.8) is 0 Å². The number of nitrogens with zero attached hydrogens (tertiary/aromatic N) is 1. The molecule has 2 aromatic carbocycles. The molecule has 96 valence electrons. The van der Waals surface area contributed by atoms with E-state index in [4.69, 9.17) is 16.9 Å². The maximum atomic E-state index is 8.84. The molecule has 0 bridgehead atoms. The van der Waals surface area contributed by atoms with Crippen molar-refractivity contribution < 1.29 is 0 Å². The summed E-state index contributed by atoms with van der Waals surface area (Å²) < 4.78 is 0. The summed E-state index contributed by atoms with van der Waals surface area (Å²) in [5.74, 6) is 0.492. The van der Waals surface area contributed by atoms with E-state index in [1.807, 2.05) is 18.2 Å². The van der Waals surface area contributed by atoms with Gasteiger partial charge < -0.3 is 5.32 Å². The minimum Gasteiger partial charge on any atom is -0.355 e. The largest absolute Gasteiger partial charge is 0.355 e. The molecule has 2 rings (SSSR count). The van der Waals surface area contributed by atoms with Crippen LogP contribution in [0.3, 0.4) is 0 Å². The third-order valence-corrected chi connectivity index (χ3v) is 3.24. The number of benzene rings is 2. The van der Waals surface area contributed by atoms with Crippen molar-refractivity contribution in [3.05, 3.63) is 58.6 Å². The van der Waals surface area contributed by atoms with Crippen LogP contribution in [0.4, 0.5) is 11.4 Å². The number of rotatable bonds is 3. The van der Waals surface area contributed by atoms with E-state index >= 15 is 0 Å². The zero-order valence-corrected chi connectivity index (χ0v) is 11.7. The fourth-order valence-corrected chi connectivity index (χ4v) is 2.05. The van der Waals surface area contributed by atoms with Crippen molar-refractivity contribution in [3.8, 4) is 6.07 Å². The van der Waals surface area contributed by atoms with Gasteiger partial charge in [0.1, 0.15) is 6.07 Å². The standard InChI is InChI=1S/C16H15ClN2/c1-11(2)12-4-3-5-14(8-12)19-15-7-6-13(10-18)16(17)9-15/h3-9,11,19H,1-2H3. The van der Waals surface area contributed by atoms with Crippen LogP contribution in [0.25, 0.3) is 0 Å². The summed E-state index contributed by atoms with van der Waals surface area (Å²) in [6.07, 6.45) is 0. The van der Waals surface area contributed by atoms with E-state index in [1.165, 1.54) is 5.56 Å². The molecule has 0 saturated carbocycles. The Morgan fingerprint density at radius 1 is 1.11 bits per heavy atom. The van der Waals surface area contributed by atoms with Gasteiger partial charge in [-0.25, -0.2) is 0 Å². The van der Waals surface area contributed by atoms with E-state index in [0.717, 1.165) is 11.4 Å². The molecule has 2 nitrogen and oxygen atoms in total. The lowest BCUT2D eigenvalue weighted by Gasteiger charge is -2.11. The van der Waals surface area contributed by atoms with Crippen molar-refractivity contribution in [2.24, 2.45) is 0 Å². The Hall–Kier alpha value is -1.98. The quantitative estimate of drug-likeness (QED) is 0.844. The molecule has 2 aromatic rings. The zero-order valence-electron chi connectivity index (χ0n) is 10.9. The summed E-state index contributed by atoms with van der Waals surface area (Å²) >= 11 is 6.01. The molecule has 0 atom stereocenters. The van der Waals surface area contributed by atoms with Crippen LogP contribution in [-0.2, 0) is 0 Å². The highest BCUT2D eigenvalue weighted by Gasteiger charge is 2.03. The van der Waals surface area contributed by atoms with Crippen LogP contribution in [-0.4, -0.2) is 0 Å². The molecular weight excluding hydrogens is 256 g/mol. The van der Waals surface area contributed by atoms with Crippen molar-refractivity contribution in [1.82, 2.24) is 0 Å². The SMILES string of the molecule is CC(C)c1cccc(Nc2ccc(C#N)c(Cl)c2)c1. The predicted octanol–water partition coefficient (Wildman–Crippen LogP) is 5.08. The summed E-state index contributed by atoms with van der Waals surface area (Å²) in [4.78, 5) is 0. The minimum atomic E-state index is 0.465. The lowest BCUT2D eigenvalue weighted by molar-refractivity contribution is 0.867. The second-order valence-electron chi connectivity index (χ2n) is 4.71. The molecule has 0 aliphatic heterocycles. The molecule has 0 unspecified atom stereocenters. The summed E-state index contributed by atoms with van der Waals surface area (Å²) in [5, 5.41) is 12.6. The molecule has 0 amide bonds. The number of nitrogens with one attached hydrogen (secondary N) is 1. The van der Waals surface area contributed by atoms with Gasteiger partial charge in [-0.15, -0.1) is 0 Å². The van der Waals surface area contributed by atoms with Gasteiger partial charge in [-0.05, 0) is 41.8 Å². The van der Waals surface area contributed by atoms with Gasteiger partial charge in [0.2, 0.25) is 0 Å². The Bertz CT molecular complexity index is 627. The first-order chi connectivity index (χ1) is 9.10. The number of halogens is 1. The first-order valence-electron chi connectivity index (χ1n) is 6.17. The Labute approximate surface area is 118 Å². The van der Waals surface area contributed by atoms with Gasteiger partial charge in [0.05, 0.1) is 10.6 Å². The lowest BCUT2D eigenvalue weighted by Crippen LogP contribution is -1.93. The summed E-state index contributed by atoms with van der Waals surface area (Å²) in [6.45, 7) is 4.33. The van der Waals surface area contributed by atoms with E-state index in [9.17, 15) is 0 Å². The number of anilines is 2. The Morgan fingerprint density at radius 2 is 1.84 bits per heavy atom. The van der Waals surface area contributed by atoms with Crippen LogP contribution in [0, 0.1) is 11.3 Å². The average molecular weight is 271 g/mol. The molecule has 0 aliphatic rings. The predicted molar refractivity (Wildman–Crippen MR) is 80.0 cm³/mol. The summed E-state index contributed by atoms with van der Waals surface area (Å²) in [5.41, 5.74) is 3.67. The second kappa shape index (κ2) is 5.77. The highest BCUT2D eigenvalue weighted by molar-refractivity contribution is 6.32. The molecule has 19 heavy (non-hydrogen) atoms. The van der Waals surface area contributed by atoms with Gasteiger partial charge in [0.15, 0.2) is 0 Å². The Morgan fingerprint density at radius 3 is 2.47 bits per heavy atom. The monoisotopic (exact) mass is 270 g/mol. The first kappa shape index (κ1) is 13.5. The Balaban J connectivity index is 2.24. The van der Waals surface area contributed by atoms with Crippen LogP contribution in [0.5, 0.6) is 0 Å². The molecule has 1 N–H and O–H groups in total. The maximum Gasteiger partial charge on any atom is 0.101 e. The second-order valence-corrected chi connectivity index (χ2v) is 5.12. The van der Waals surface area contributed by atoms with Gasteiger partial charge in [0, 0.05) is 11.4 Å². The molecule has 3 heteroatoms. The van der Waals surface area contributed by atoms with Crippen molar-refractivity contribution in [2.45, 2.75) is 19.8 Å². The average Bonchev–Trinajstić information content (AvgIpc) is 2.39. The third-order valence-electron chi connectivity index (χ3n) is 2.93. The minimum absolute atomic E-state index is 0.465. The van der Waals surface area contributed by atoms with Gasteiger partial charge in [-0.1, -0.05) is 37.6 Å². The fraction of sp³-hybridized carbons (Fsp3) is 0.188. The third kappa shape index (κ3) is 3.27. The fourth-order valence-electron chi connectivity index (χ4n) is 1.83. The number of hydrogen-bond donors (Lipinski definition) is 1. The Kier molecular flexibility index (Phi) is 4.09. The van der Waals surface area contributed by atoms with Crippen molar-refractivity contribution in [1.29, 1.82) is 5.26 Å². The van der Waals surface area contributed by atoms with Crippen LogP contribution in [0.2, 0.25) is 5.02 Å². The van der Waals surface area contributed by atoms with E-state index in [-0.39, 0.29) is 0 Å². The first-order valence-corrected chi connectivity index (χ1v) is 6.54. The van der Waals surface area contributed by atoms with Gasteiger partial charge in [0.25, 0.3) is 0 Å². The highest BCUT2D eigenvalue weighted by atomic mass is 35.5. The van der Waals surface area contributed by atoms with Crippen molar-refractivity contribution >= 4 is 23.0 Å². The number of hydrogen-bond acceptors (Lipinski definition) is 2. The summed E-state index contributed by atoms with van der Waals surface area (Å²) in [6, 6.07) is 15.7. The van der Waals surface area contributed by atoms with Crippen LogP contribution < -0.4 is 5.32 Å². The maximum absolute atomic E-state index is 8.84. The molecular formula is C16H15ClN2. The van der Waals surface area contributed by atoms with E-state index in [1.54, 1.807) is 12.1 Å². The van der Waals surface area contributed by atoms with Gasteiger partial charge in [-0.3, -0.25) is 0 Å². The highest BCUT2D eigenvalue weighted by Crippen LogP contribution is 2.25. The molecule has 0 heterocycles. The normalized spacial score (nSPS) is 10.3. The van der Waals surface area contributed by atoms with Crippen LogP contribution in [0.1, 0.15) is 30.9 Å². The smallest absolute Gasteiger partial charge is 0.101 e.